The minimum Gasteiger partial charge on any atom is -0.354 e. The molecule has 0 aliphatic heterocycles. The van der Waals surface area contributed by atoms with Gasteiger partial charge in [-0.1, -0.05) is 29.8 Å². The molecule has 2 heterocycles. The third-order valence-corrected chi connectivity index (χ3v) is 4.65. The molecule has 28 heavy (non-hydrogen) atoms. The Bertz CT molecular complexity index is 851. The van der Waals surface area contributed by atoms with Crippen LogP contribution in [-0.2, 0) is 17.6 Å². The van der Waals surface area contributed by atoms with E-state index in [4.69, 9.17) is 0 Å². The summed E-state index contributed by atoms with van der Waals surface area (Å²) in [5, 5.41) is 6.47. The highest BCUT2D eigenvalue weighted by molar-refractivity contribution is 5.83. The lowest BCUT2D eigenvalue weighted by atomic mass is 10.0. The molecule has 2 N–H and O–H groups in total. The lowest BCUT2D eigenvalue weighted by Gasteiger charge is -2.19. The summed E-state index contributed by atoms with van der Waals surface area (Å²) in [7, 11) is 0. The van der Waals surface area contributed by atoms with E-state index in [1.54, 1.807) is 24.8 Å². The van der Waals surface area contributed by atoms with Gasteiger partial charge in [0.2, 0.25) is 5.91 Å². The van der Waals surface area contributed by atoms with Crippen LogP contribution in [0.1, 0.15) is 28.3 Å². The van der Waals surface area contributed by atoms with Gasteiger partial charge < -0.3 is 10.6 Å². The number of carbonyl (C=O) groups excluding carboxylic acids is 1. The smallest absolute Gasteiger partial charge is 0.241 e. The standard InChI is InChI=1S/C23H26N4O/c1-18-2-4-21(5-3-18)22(26-16-10-19-6-12-24-13-7-19)23(28)27-17-11-20-8-14-25-15-9-20/h2-9,12-15,22,26H,10-11,16-17H2,1H3,(H,27,28). The van der Waals surface area contributed by atoms with E-state index < -0.39 is 0 Å². The predicted octanol–water partition coefficient (Wildman–Crippen LogP) is 3.02. The SMILES string of the molecule is Cc1ccc(C(NCCc2ccncc2)C(=O)NCCc2ccncc2)cc1. The molecule has 0 aliphatic carbocycles. The number of carbonyl (C=O) groups is 1. The Labute approximate surface area is 166 Å². The first-order chi connectivity index (χ1) is 13.7. The molecule has 2 aromatic heterocycles. The topological polar surface area (TPSA) is 66.9 Å². The highest BCUT2D eigenvalue weighted by Crippen LogP contribution is 2.14. The number of hydrogen-bond donors (Lipinski definition) is 2. The molecule has 0 saturated heterocycles. The molecule has 0 aliphatic rings. The first-order valence-electron chi connectivity index (χ1n) is 9.58. The van der Waals surface area contributed by atoms with E-state index in [1.807, 2.05) is 55.5 Å². The van der Waals surface area contributed by atoms with E-state index in [2.05, 4.69) is 20.6 Å². The maximum absolute atomic E-state index is 12.9. The van der Waals surface area contributed by atoms with Crippen molar-refractivity contribution in [1.82, 2.24) is 20.6 Å². The third kappa shape index (κ3) is 5.99. The minimum absolute atomic E-state index is 0.00682. The second-order valence-corrected chi connectivity index (χ2v) is 6.80. The van der Waals surface area contributed by atoms with E-state index in [0.717, 1.165) is 24.0 Å². The van der Waals surface area contributed by atoms with Gasteiger partial charge in [0, 0.05) is 37.9 Å². The number of pyridine rings is 2. The summed E-state index contributed by atoms with van der Waals surface area (Å²) in [4.78, 5) is 20.9. The molecule has 0 fully saturated rings. The van der Waals surface area contributed by atoms with Gasteiger partial charge in [-0.15, -0.1) is 0 Å². The molecule has 144 valence electrons. The number of hydrogen-bond acceptors (Lipinski definition) is 4. The van der Waals surface area contributed by atoms with Crippen LogP contribution >= 0.6 is 0 Å². The molecular weight excluding hydrogens is 348 g/mol. The average molecular weight is 374 g/mol. The predicted molar refractivity (Wildman–Crippen MR) is 111 cm³/mol. The van der Waals surface area contributed by atoms with E-state index in [-0.39, 0.29) is 11.9 Å². The first kappa shape index (κ1) is 19.7. The summed E-state index contributed by atoms with van der Waals surface area (Å²) in [6.45, 7) is 3.35. The Hall–Kier alpha value is -3.05. The molecule has 3 aromatic rings. The Morgan fingerprint density at radius 3 is 1.93 bits per heavy atom. The summed E-state index contributed by atoms with van der Waals surface area (Å²) in [6.07, 6.45) is 8.75. The summed E-state index contributed by atoms with van der Waals surface area (Å²) in [5.41, 5.74) is 4.51. The minimum atomic E-state index is -0.375. The number of benzene rings is 1. The fourth-order valence-corrected chi connectivity index (χ4v) is 3.01. The van der Waals surface area contributed by atoms with Crippen LogP contribution in [0.2, 0.25) is 0 Å². The van der Waals surface area contributed by atoms with Gasteiger partial charge in [-0.05, 0) is 60.7 Å². The van der Waals surface area contributed by atoms with E-state index >= 15 is 0 Å². The van der Waals surface area contributed by atoms with Crippen molar-refractivity contribution in [2.24, 2.45) is 0 Å². The van der Waals surface area contributed by atoms with Gasteiger partial charge in [-0.2, -0.15) is 0 Å². The second kappa shape index (κ2) is 10.3. The quantitative estimate of drug-likeness (QED) is 0.604. The van der Waals surface area contributed by atoms with E-state index in [0.29, 0.717) is 13.1 Å². The van der Waals surface area contributed by atoms with Crippen LogP contribution in [-0.4, -0.2) is 29.0 Å². The van der Waals surface area contributed by atoms with Gasteiger partial charge in [0.1, 0.15) is 6.04 Å². The Balaban J connectivity index is 1.59. The summed E-state index contributed by atoms with van der Waals surface area (Å²) < 4.78 is 0. The van der Waals surface area contributed by atoms with Crippen molar-refractivity contribution >= 4 is 5.91 Å². The molecule has 1 unspecified atom stereocenters. The van der Waals surface area contributed by atoms with Crippen LogP contribution < -0.4 is 10.6 Å². The van der Waals surface area contributed by atoms with E-state index in [1.165, 1.54) is 11.1 Å². The highest BCUT2D eigenvalue weighted by Gasteiger charge is 2.19. The molecule has 3 rings (SSSR count). The Morgan fingerprint density at radius 1 is 0.821 bits per heavy atom. The number of aromatic nitrogens is 2. The monoisotopic (exact) mass is 374 g/mol. The third-order valence-electron chi connectivity index (χ3n) is 4.65. The summed E-state index contributed by atoms with van der Waals surface area (Å²) in [5.74, 6) is -0.00682. The lowest BCUT2D eigenvalue weighted by molar-refractivity contribution is -0.123. The molecule has 0 saturated carbocycles. The maximum Gasteiger partial charge on any atom is 0.241 e. The number of rotatable bonds is 9. The first-order valence-corrected chi connectivity index (χ1v) is 9.58. The number of aryl methyl sites for hydroxylation is 1. The van der Waals surface area contributed by atoms with Crippen molar-refractivity contribution in [2.75, 3.05) is 13.1 Å². The Kier molecular flexibility index (Phi) is 7.27. The van der Waals surface area contributed by atoms with Crippen LogP contribution in [0.4, 0.5) is 0 Å². The van der Waals surface area contributed by atoms with Crippen LogP contribution in [0.15, 0.2) is 73.3 Å². The fraction of sp³-hybridized carbons (Fsp3) is 0.261. The number of nitrogens with zero attached hydrogens (tertiary/aromatic N) is 2. The number of amides is 1. The molecule has 1 atom stereocenters. The normalized spacial score (nSPS) is 11.8. The van der Waals surface area contributed by atoms with Crippen molar-refractivity contribution in [3.63, 3.8) is 0 Å². The summed E-state index contributed by atoms with van der Waals surface area (Å²) >= 11 is 0. The second-order valence-electron chi connectivity index (χ2n) is 6.80. The van der Waals surface area contributed by atoms with Crippen molar-refractivity contribution in [1.29, 1.82) is 0 Å². The zero-order chi connectivity index (χ0) is 19.6. The van der Waals surface area contributed by atoms with Crippen LogP contribution in [0.25, 0.3) is 0 Å². The van der Waals surface area contributed by atoms with Crippen molar-refractivity contribution in [3.8, 4) is 0 Å². The zero-order valence-corrected chi connectivity index (χ0v) is 16.1. The van der Waals surface area contributed by atoms with Gasteiger partial charge in [0.25, 0.3) is 0 Å². The molecule has 5 heteroatoms. The lowest BCUT2D eigenvalue weighted by Crippen LogP contribution is -2.39. The molecule has 0 bridgehead atoms. The van der Waals surface area contributed by atoms with Gasteiger partial charge >= 0.3 is 0 Å². The highest BCUT2D eigenvalue weighted by atomic mass is 16.2. The van der Waals surface area contributed by atoms with Crippen molar-refractivity contribution < 1.29 is 4.79 Å². The number of nitrogens with one attached hydrogen (secondary N) is 2. The zero-order valence-electron chi connectivity index (χ0n) is 16.1. The molecule has 0 radical (unpaired) electrons. The average Bonchev–Trinajstić information content (AvgIpc) is 2.73. The van der Waals surface area contributed by atoms with Crippen molar-refractivity contribution in [3.05, 3.63) is 95.6 Å². The van der Waals surface area contributed by atoms with Crippen LogP contribution in [0.3, 0.4) is 0 Å². The largest absolute Gasteiger partial charge is 0.354 e. The maximum atomic E-state index is 12.9. The fourth-order valence-electron chi connectivity index (χ4n) is 3.01. The molecule has 1 aromatic carbocycles. The molecular formula is C23H26N4O. The molecule has 1 amide bonds. The van der Waals surface area contributed by atoms with E-state index in [9.17, 15) is 4.79 Å². The van der Waals surface area contributed by atoms with Crippen LogP contribution in [0, 0.1) is 6.92 Å². The van der Waals surface area contributed by atoms with Crippen molar-refractivity contribution in [2.45, 2.75) is 25.8 Å². The summed E-state index contributed by atoms with van der Waals surface area (Å²) in [6, 6.07) is 15.7. The van der Waals surface area contributed by atoms with Gasteiger partial charge in [0.05, 0.1) is 0 Å². The molecule has 0 spiro atoms. The molecule has 5 nitrogen and oxygen atoms in total. The van der Waals surface area contributed by atoms with Gasteiger partial charge in [-0.3, -0.25) is 14.8 Å². The van der Waals surface area contributed by atoms with Gasteiger partial charge in [-0.25, -0.2) is 0 Å². The Morgan fingerprint density at radius 2 is 1.36 bits per heavy atom. The van der Waals surface area contributed by atoms with Crippen LogP contribution in [0.5, 0.6) is 0 Å². The van der Waals surface area contributed by atoms with Gasteiger partial charge in [0.15, 0.2) is 0 Å².